The number of carbonyl (C=O) groups is 2. The highest BCUT2D eigenvalue weighted by Crippen LogP contribution is 2.48. The molecule has 218 valence electrons. The molecule has 1 aliphatic rings. The summed E-state index contributed by atoms with van der Waals surface area (Å²) in [5, 5.41) is 4.83. The number of ether oxygens (including phenoxy) is 4. The van der Waals surface area contributed by atoms with Gasteiger partial charge >= 0.3 is 0 Å². The number of benzene rings is 2. The highest BCUT2D eigenvalue weighted by molar-refractivity contribution is 6.17. The minimum Gasteiger partial charge on any atom is -0.485 e. The zero-order valence-electron chi connectivity index (χ0n) is 22.4. The molecule has 0 bridgehead atoms. The van der Waals surface area contributed by atoms with Crippen LogP contribution in [0.25, 0.3) is 11.0 Å². The van der Waals surface area contributed by atoms with Crippen molar-refractivity contribution in [1.82, 2.24) is 15.0 Å². The fourth-order valence-corrected chi connectivity index (χ4v) is 4.01. The van der Waals surface area contributed by atoms with E-state index in [0.29, 0.717) is 12.3 Å². The molecule has 1 saturated carbocycles. The number of halogens is 3. The van der Waals surface area contributed by atoms with Gasteiger partial charge in [0, 0.05) is 18.9 Å². The average Bonchev–Trinajstić information content (AvgIpc) is 3.80. The smallest absolute Gasteiger partial charge is 0.257 e. The van der Waals surface area contributed by atoms with Gasteiger partial charge in [-0.3, -0.25) is 9.59 Å². The molecular weight excluding hydrogens is 559 g/mol. The highest BCUT2D eigenvalue weighted by atomic mass is 19.2. The van der Waals surface area contributed by atoms with Crippen molar-refractivity contribution in [3.05, 3.63) is 66.2 Å². The van der Waals surface area contributed by atoms with Crippen LogP contribution < -0.4 is 24.8 Å². The number of rotatable bonds is 11. The molecule has 1 aliphatic carbocycles. The maximum absolute atomic E-state index is 15.1. The second-order valence-electron chi connectivity index (χ2n) is 9.22. The van der Waals surface area contributed by atoms with Crippen LogP contribution in [0.4, 0.5) is 24.5 Å². The molecule has 0 aliphatic heterocycles. The third-order valence-corrected chi connectivity index (χ3v) is 6.47. The number of fused-ring (bicyclic) bond motifs is 1. The normalized spacial score (nSPS) is 13.4. The summed E-state index contributed by atoms with van der Waals surface area (Å²) in [7, 11) is 2.90. The minimum atomic E-state index is -1.47. The van der Waals surface area contributed by atoms with Crippen molar-refractivity contribution in [2.45, 2.75) is 12.8 Å². The van der Waals surface area contributed by atoms with E-state index in [-0.39, 0.29) is 48.0 Å². The molecule has 4 aromatic rings. The van der Waals surface area contributed by atoms with E-state index in [2.05, 4.69) is 25.6 Å². The number of aromatic nitrogens is 3. The van der Waals surface area contributed by atoms with E-state index in [1.807, 2.05) is 0 Å². The van der Waals surface area contributed by atoms with Crippen molar-refractivity contribution < 1.29 is 41.7 Å². The maximum atomic E-state index is 15.1. The molecule has 11 nitrogen and oxygen atoms in total. The van der Waals surface area contributed by atoms with E-state index >= 15 is 8.78 Å². The SMILES string of the molecule is COCCOc1cc2ncnc(Oc3ccc(NC(=O)C4(C(=O)Nc5ccc(F)cc5)CC4)c(F)c3F)c2nc1OC. The molecule has 2 aromatic carbocycles. The van der Waals surface area contributed by atoms with Crippen LogP contribution in [-0.4, -0.2) is 54.2 Å². The van der Waals surface area contributed by atoms with Crippen LogP contribution in [0.15, 0.2) is 48.8 Å². The number of anilines is 2. The molecule has 0 unspecified atom stereocenters. The Morgan fingerprint density at radius 2 is 1.62 bits per heavy atom. The zero-order valence-corrected chi connectivity index (χ0v) is 22.4. The van der Waals surface area contributed by atoms with E-state index in [0.717, 1.165) is 30.6 Å². The third-order valence-electron chi connectivity index (χ3n) is 6.47. The number of nitrogens with one attached hydrogen (secondary N) is 2. The number of methoxy groups -OCH3 is 2. The number of hydrogen-bond acceptors (Lipinski definition) is 9. The molecule has 0 radical (unpaired) electrons. The molecule has 2 aromatic heterocycles. The molecule has 2 heterocycles. The van der Waals surface area contributed by atoms with Gasteiger partial charge in [-0.05, 0) is 49.2 Å². The Bertz CT molecular complexity index is 1650. The van der Waals surface area contributed by atoms with Gasteiger partial charge in [-0.15, -0.1) is 0 Å². The number of nitrogens with zero attached hydrogens (tertiary/aromatic N) is 3. The van der Waals surface area contributed by atoms with E-state index in [1.165, 1.54) is 32.4 Å². The molecular formula is C28H24F3N5O6. The van der Waals surface area contributed by atoms with E-state index in [9.17, 15) is 14.0 Å². The van der Waals surface area contributed by atoms with Gasteiger partial charge in [0.2, 0.25) is 23.5 Å². The second-order valence-corrected chi connectivity index (χ2v) is 9.22. The predicted octanol–water partition coefficient (Wildman–Crippen LogP) is 4.63. The average molecular weight is 584 g/mol. The molecule has 0 saturated heterocycles. The standard InChI is InChI=1S/C28H24F3N5O6/c1-39-11-12-41-20-13-18-23(36-24(20)40-2)25(33-14-32-18)42-19-8-7-17(21(30)22(19)31)35-27(38)28(9-10-28)26(37)34-16-5-3-15(29)4-6-16/h3-8,13-14H,9-12H2,1-2H3,(H,34,37)(H,35,38). The summed E-state index contributed by atoms with van der Waals surface area (Å²) in [5.41, 5.74) is -1.29. The largest absolute Gasteiger partial charge is 0.485 e. The fourth-order valence-electron chi connectivity index (χ4n) is 4.01. The summed E-state index contributed by atoms with van der Waals surface area (Å²) in [5.74, 6) is -5.12. The first-order valence-electron chi connectivity index (χ1n) is 12.6. The minimum absolute atomic E-state index is 0.0837. The summed E-state index contributed by atoms with van der Waals surface area (Å²) >= 11 is 0. The van der Waals surface area contributed by atoms with Crippen molar-refractivity contribution in [3.63, 3.8) is 0 Å². The van der Waals surface area contributed by atoms with Crippen molar-refractivity contribution >= 4 is 34.2 Å². The van der Waals surface area contributed by atoms with Crippen LogP contribution >= 0.6 is 0 Å². The summed E-state index contributed by atoms with van der Waals surface area (Å²) in [6, 6.07) is 8.72. The van der Waals surface area contributed by atoms with Crippen molar-refractivity contribution in [2.24, 2.45) is 5.41 Å². The Morgan fingerprint density at radius 3 is 2.31 bits per heavy atom. The molecule has 1 fully saturated rings. The van der Waals surface area contributed by atoms with E-state index in [4.69, 9.17) is 18.9 Å². The fraction of sp³-hybridized carbons (Fsp3) is 0.250. The van der Waals surface area contributed by atoms with Gasteiger partial charge in [0.1, 0.15) is 29.7 Å². The Balaban J connectivity index is 1.33. The molecule has 2 N–H and O–H groups in total. The Labute approximate surface area is 237 Å². The Hall–Kier alpha value is -4.98. The van der Waals surface area contributed by atoms with Gasteiger partial charge in [-0.25, -0.2) is 18.7 Å². The molecule has 14 heteroatoms. The first-order valence-corrected chi connectivity index (χ1v) is 12.6. The molecule has 0 atom stereocenters. The lowest BCUT2D eigenvalue weighted by molar-refractivity contribution is -0.131. The van der Waals surface area contributed by atoms with Crippen LogP contribution in [0.5, 0.6) is 23.3 Å². The van der Waals surface area contributed by atoms with Crippen LogP contribution in [0.1, 0.15) is 12.8 Å². The first kappa shape index (κ1) is 28.5. The lowest BCUT2D eigenvalue weighted by atomic mass is 10.0. The van der Waals surface area contributed by atoms with Crippen LogP contribution in [0, 0.1) is 22.9 Å². The van der Waals surface area contributed by atoms with Crippen molar-refractivity contribution in [1.29, 1.82) is 0 Å². The van der Waals surface area contributed by atoms with E-state index in [1.54, 1.807) is 0 Å². The zero-order chi connectivity index (χ0) is 29.9. The Kier molecular flexibility index (Phi) is 8.06. The Morgan fingerprint density at radius 1 is 0.881 bits per heavy atom. The number of carbonyl (C=O) groups excluding carboxylic acids is 2. The number of pyridine rings is 1. The number of amides is 2. The first-order chi connectivity index (χ1) is 20.3. The van der Waals surface area contributed by atoms with Crippen molar-refractivity contribution in [2.75, 3.05) is 38.1 Å². The predicted molar refractivity (Wildman–Crippen MR) is 143 cm³/mol. The summed E-state index contributed by atoms with van der Waals surface area (Å²) in [6.07, 6.45) is 1.56. The quantitative estimate of drug-likeness (QED) is 0.192. The van der Waals surface area contributed by atoms with Gasteiger partial charge in [-0.1, -0.05) is 0 Å². The summed E-state index contributed by atoms with van der Waals surface area (Å²) in [6.45, 7) is 0.548. The van der Waals surface area contributed by atoms with Gasteiger partial charge in [0.05, 0.1) is 19.4 Å². The van der Waals surface area contributed by atoms with Gasteiger partial charge in [0.25, 0.3) is 5.88 Å². The second kappa shape index (κ2) is 11.9. The van der Waals surface area contributed by atoms with E-state index < -0.39 is 46.1 Å². The maximum Gasteiger partial charge on any atom is 0.257 e. The van der Waals surface area contributed by atoms with Gasteiger partial charge in [-0.2, -0.15) is 9.37 Å². The summed E-state index contributed by atoms with van der Waals surface area (Å²) in [4.78, 5) is 38.1. The molecule has 2 amide bonds. The van der Waals surface area contributed by atoms with Gasteiger partial charge in [0.15, 0.2) is 22.8 Å². The summed E-state index contributed by atoms with van der Waals surface area (Å²) < 4.78 is 64.7. The third kappa shape index (κ3) is 5.74. The van der Waals surface area contributed by atoms with Crippen LogP contribution in [0.2, 0.25) is 0 Å². The molecule has 42 heavy (non-hydrogen) atoms. The molecule has 0 spiro atoms. The lowest BCUT2D eigenvalue weighted by Crippen LogP contribution is -2.35. The topological polar surface area (TPSA) is 134 Å². The molecule has 5 rings (SSSR count). The highest BCUT2D eigenvalue weighted by Gasteiger charge is 2.56. The van der Waals surface area contributed by atoms with Crippen LogP contribution in [0.3, 0.4) is 0 Å². The van der Waals surface area contributed by atoms with Crippen molar-refractivity contribution in [3.8, 4) is 23.3 Å². The monoisotopic (exact) mass is 583 g/mol. The van der Waals surface area contributed by atoms with Gasteiger partial charge < -0.3 is 29.6 Å². The van der Waals surface area contributed by atoms with Crippen LogP contribution in [-0.2, 0) is 14.3 Å². The number of hydrogen-bond donors (Lipinski definition) is 2. The lowest BCUT2D eigenvalue weighted by Gasteiger charge is -2.16.